The molecule has 130 valence electrons. The highest BCUT2D eigenvalue weighted by molar-refractivity contribution is 7.89. The van der Waals surface area contributed by atoms with E-state index in [1.165, 1.54) is 0 Å². The number of amides is 1. The molecule has 6 heteroatoms. The van der Waals surface area contributed by atoms with Crippen molar-refractivity contribution >= 4 is 24.0 Å². The third-order valence-electron chi connectivity index (χ3n) is 3.93. The molecule has 0 radical (unpaired) electrons. The molecular formula is C18H25NO3SSi. The minimum absolute atomic E-state index is 0.170. The smallest absolute Gasteiger partial charge is 0.266 e. The summed E-state index contributed by atoms with van der Waals surface area (Å²) in [5.74, 6) is 5.93. The van der Waals surface area contributed by atoms with Gasteiger partial charge in [0.25, 0.3) is 10.0 Å². The van der Waals surface area contributed by atoms with Crippen molar-refractivity contribution in [3.8, 4) is 11.8 Å². The quantitative estimate of drug-likeness (QED) is 0.608. The van der Waals surface area contributed by atoms with E-state index < -0.39 is 18.1 Å². The summed E-state index contributed by atoms with van der Waals surface area (Å²) in [6, 6.07) is 7.15. The number of hydrogen-bond donors (Lipinski definition) is 0. The molecule has 1 amide bonds. The third kappa shape index (κ3) is 4.49. The summed E-state index contributed by atoms with van der Waals surface area (Å²) in [4.78, 5) is 12.3. The molecule has 0 aliphatic carbocycles. The summed E-state index contributed by atoms with van der Waals surface area (Å²) in [6.07, 6.45) is 1.23. The van der Waals surface area contributed by atoms with Crippen LogP contribution in [-0.4, -0.2) is 32.7 Å². The molecule has 1 atom stereocenters. The lowest BCUT2D eigenvalue weighted by Gasteiger charge is -2.23. The largest absolute Gasteiger partial charge is 0.274 e. The van der Waals surface area contributed by atoms with Crippen molar-refractivity contribution in [2.75, 3.05) is 0 Å². The first-order valence-electron chi connectivity index (χ1n) is 8.21. The maximum atomic E-state index is 12.8. The van der Waals surface area contributed by atoms with Crippen LogP contribution in [0.25, 0.3) is 0 Å². The average molecular weight is 364 g/mol. The van der Waals surface area contributed by atoms with Crippen LogP contribution in [-0.2, 0) is 14.8 Å². The topological polar surface area (TPSA) is 54.5 Å². The molecule has 0 spiro atoms. The number of aryl methyl sites for hydroxylation is 1. The minimum Gasteiger partial charge on any atom is -0.274 e. The zero-order chi connectivity index (χ0) is 18.0. The van der Waals surface area contributed by atoms with Gasteiger partial charge in [-0.3, -0.25) is 4.79 Å². The first kappa shape index (κ1) is 18.8. The highest BCUT2D eigenvalue weighted by Gasteiger charge is 2.39. The van der Waals surface area contributed by atoms with Crippen LogP contribution in [0.1, 0.15) is 24.8 Å². The van der Waals surface area contributed by atoms with Crippen LogP contribution < -0.4 is 0 Å². The van der Waals surface area contributed by atoms with Crippen LogP contribution in [0.3, 0.4) is 0 Å². The molecule has 1 aliphatic heterocycles. The molecule has 0 N–H and O–H groups in total. The number of nitrogens with zero attached hydrogens (tertiary/aromatic N) is 1. The fourth-order valence-corrected chi connectivity index (χ4v) is 4.87. The maximum absolute atomic E-state index is 12.8. The predicted octanol–water partition coefficient (Wildman–Crippen LogP) is 3.41. The van der Waals surface area contributed by atoms with E-state index in [1.807, 2.05) is 6.92 Å². The molecular weight excluding hydrogens is 338 g/mol. The van der Waals surface area contributed by atoms with Gasteiger partial charge in [0.05, 0.1) is 19.0 Å². The Balaban J connectivity index is 2.19. The number of hydrogen-bond acceptors (Lipinski definition) is 3. The van der Waals surface area contributed by atoms with Crippen molar-refractivity contribution in [3.63, 3.8) is 0 Å². The summed E-state index contributed by atoms with van der Waals surface area (Å²) >= 11 is 0. The first-order chi connectivity index (χ1) is 11.1. The maximum Gasteiger partial charge on any atom is 0.266 e. The molecule has 0 unspecified atom stereocenters. The summed E-state index contributed by atoms with van der Waals surface area (Å²) in [6.45, 7) is 8.63. The van der Waals surface area contributed by atoms with Gasteiger partial charge >= 0.3 is 0 Å². The zero-order valence-corrected chi connectivity index (χ0v) is 16.6. The van der Waals surface area contributed by atoms with Crippen molar-refractivity contribution in [1.29, 1.82) is 0 Å². The number of carbonyl (C=O) groups excluding carboxylic acids is 1. The van der Waals surface area contributed by atoms with Crippen LogP contribution in [0.5, 0.6) is 0 Å². The monoisotopic (exact) mass is 363 g/mol. The number of benzene rings is 1. The average Bonchev–Trinajstić information content (AvgIpc) is 2.85. The first-order valence-corrected chi connectivity index (χ1v) is 13.4. The molecule has 0 saturated carbocycles. The van der Waals surface area contributed by atoms with Gasteiger partial charge in [0, 0.05) is 18.9 Å². The molecule has 0 bridgehead atoms. The van der Waals surface area contributed by atoms with Gasteiger partial charge in [0.1, 0.15) is 0 Å². The van der Waals surface area contributed by atoms with E-state index in [0.29, 0.717) is 12.8 Å². The van der Waals surface area contributed by atoms with E-state index in [2.05, 4.69) is 31.5 Å². The van der Waals surface area contributed by atoms with E-state index in [-0.39, 0.29) is 23.3 Å². The van der Waals surface area contributed by atoms with E-state index in [9.17, 15) is 13.2 Å². The fourth-order valence-electron chi connectivity index (χ4n) is 2.58. The van der Waals surface area contributed by atoms with Gasteiger partial charge in [-0.25, -0.2) is 12.7 Å². The molecule has 1 aliphatic rings. The minimum atomic E-state index is -3.79. The Hall–Kier alpha value is -1.58. The normalized spacial score (nSPS) is 18.4. The van der Waals surface area contributed by atoms with Crippen LogP contribution in [0, 0.1) is 18.8 Å². The molecule has 1 aromatic rings. The van der Waals surface area contributed by atoms with Crippen molar-refractivity contribution in [2.24, 2.45) is 0 Å². The van der Waals surface area contributed by atoms with Crippen LogP contribution >= 0.6 is 0 Å². The number of carbonyl (C=O) groups is 1. The van der Waals surface area contributed by atoms with Crippen LogP contribution in [0.15, 0.2) is 29.2 Å². The third-order valence-corrected chi connectivity index (χ3v) is 7.05. The lowest BCUT2D eigenvalue weighted by atomic mass is 10.2. The lowest BCUT2D eigenvalue weighted by molar-refractivity contribution is -0.124. The van der Waals surface area contributed by atoms with Crippen molar-refractivity contribution in [2.45, 2.75) is 62.8 Å². The molecule has 4 nitrogen and oxygen atoms in total. The van der Waals surface area contributed by atoms with Crippen LogP contribution in [0.2, 0.25) is 25.7 Å². The Morgan fingerprint density at radius 3 is 2.38 bits per heavy atom. The molecule has 2 rings (SSSR count). The summed E-state index contributed by atoms with van der Waals surface area (Å²) < 4.78 is 26.7. The highest BCUT2D eigenvalue weighted by Crippen LogP contribution is 2.28. The van der Waals surface area contributed by atoms with E-state index >= 15 is 0 Å². The number of sulfonamides is 1. The van der Waals surface area contributed by atoms with Crippen LogP contribution in [0.4, 0.5) is 0 Å². The molecule has 24 heavy (non-hydrogen) atoms. The van der Waals surface area contributed by atoms with Gasteiger partial charge in [-0.1, -0.05) is 37.3 Å². The van der Waals surface area contributed by atoms with Gasteiger partial charge < -0.3 is 0 Å². The Morgan fingerprint density at radius 2 is 1.79 bits per heavy atom. The van der Waals surface area contributed by atoms with Crippen molar-refractivity contribution in [3.05, 3.63) is 29.8 Å². The van der Waals surface area contributed by atoms with Gasteiger partial charge in [-0.2, -0.15) is 0 Å². The Kier molecular flexibility index (Phi) is 5.56. The fraction of sp³-hybridized carbons (Fsp3) is 0.500. The SMILES string of the molecule is Cc1ccc(S(=O)(=O)N2C(=O)CC[C@H]2CC#CC[Si](C)(C)C)cc1. The van der Waals surface area contributed by atoms with E-state index in [4.69, 9.17) is 0 Å². The highest BCUT2D eigenvalue weighted by atomic mass is 32.2. The zero-order valence-electron chi connectivity index (χ0n) is 14.8. The van der Waals surface area contributed by atoms with E-state index in [0.717, 1.165) is 15.9 Å². The van der Waals surface area contributed by atoms with Gasteiger partial charge in [-0.05, 0) is 25.5 Å². The van der Waals surface area contributed by atoms with Gasteiger partial charge in [0.15, 0.2) is 0 Å². The molecule has 1 heterocycles. The second-order valence-corrected chi connectivity index (χ2v) is 14.8. The Bertz CT molecular complexity index is 767. The van der Waals surface area contributed by atoms with Gasteiger partial charge in [0.2, 0.25) is 5.91 Å². The molecule has 1 saturated heterocycles. The molecule has 1 aromatic carbocycles. The summed E-state index contributed by atoms with van der Waals surface area (Å²) in [5.41, 5.74) is 0.982. The Labute approximate surface area is 146 Å². The van der Waals surface area contributed by atoms with Crippen molar-refractivity contribution in [1.82, 2.24) is 4.31 Å². The summed E-state index contributed by atoms with van der Waals surface area (Å²) in [7, 11) is -5.03. The predicted molar refractivity (Wildman–Crippen MR) is 98.8 cm³/mol. The van der Waals surface area contributed by atoms with Crippen molar-refractivity contribution < 1.29 is 13.2 Å². The second-order valence-electron chi connectivity index (χ2n) is 7.50. The van der Waals surface area contributed by atoms with E-state index in [1.54, 1.807) is 24.3 Å². The van der Waals surface area contributed by atoms with Gasteiger partial charge in [-0.15, -0.1) is 11.8 Å². The molecule has 0 aromatic heterocycles. The number of rotatable bonds is 4. The second kappa shape index (κ2) is 7.12. The standard InChI is InChI=1S/C18H25NO3SSi/c1-15-8-11-17(12-9-15)23(21,22)19-16(10-13-18(19)20)7-5-6-14-24(2,3)4/h8-9,11-12,16H,7,10,13-14H2,1-4H3/t16-/m1/s1. The lowest BCUT2D eigenvalue weighted by Crippen LogP contribution is -2.38. The summed E-state index contributed by atoms with van der Waals surface area (Å²) in [5, 5.41) is 0. The molecule has 1 fully saturated rings. The Morgan fingerprint density at radius 1 is 1.17 bits per heavy atom.